The first-order valence-electron chi connectivity index (χ1n) is 3.52. The number of aromatic nitrogens is 2. The molecule has 0 aliphatic carbocycles. The molecule has 0 unspecified atom stereocenters. The van der Waals surface area contributed by atoms with Gasteiger partial charge in [-0.25, -0.2) is 14.8 Å². The fraction of sp³-hybridized carbons (Fsp3) is 0.286. The predicted molar refractivity (Wildman–Crippen MR) is 40.4 cm³/mol. The van der Waals surface area contributed by atoms with Crippen molar-refractivity contribution in [3.8, 4) is 5.88 Å². The Hall–Kier alpha value is -1.79. The molecule has 0 spiro atoms. The van der Waals surface area contributed by atoms with Gasteiger partial charge >= 0.3 is 12.6 Å². The van der Waals surface area contributed by atoms with Gasteiger partial charge in [0.25, 0.3) is 0 Å². The standard InChI is InChI=1S/C7H6F2N2O3/c1-3-5(6(12)13)10-2-4(11-3)14-7(8)9/h2,7H,1H3,(H,12,13). The summed E-state index contributed by atoms with van der Waals surface area (Å²) < 4.78 is 27.3. The topological polar surface area (TPSA) is 72.3 Å². The normalized spacial score (nSPS) is 10.3. The maximum Gasteiger partial charge on any atom is 0.388 e. The second kappa shape index (κ2) is 3.95. The quantitative estimate of drug-likeness (QED) is 0.797. The molecule has 76 valence electrons. The zero-order valence-corrected chi connectivity index (χ0v) is 7.07. The van der Waals surface area contributed by atoms with Crippen LogP contribution in [0.4, 0.5) is 8.78 Å². The van der Waals surface area contributed by atoms with E-state index in [4.69, 9.17) is 5.11 Å². The van der Waals surface area contributed by atoms with Gasteiger partial charge < -0.3 is 9.84 Å². The smallest absolute Gasteiger partial charge is 0.388 e. The molecule has 0 bridgehead atoms. The predicted octanol–water partition coefficient (Wildman–Crippen LogP) is 1.08. The fourth-order valence-corrected chi connectivity index (χ4v) is 0.818. The molecule has 7 heteroatoms. The number of halogens is 2. The summed E-state index contributed by atoms with van der Waals surface area (Å²) in [5.41, 5.74) is -0.262. The summed E-state index contributed by atoms with van der Waals surface area (Å²) >= 11 is 0. The number of aryl methyl sites for hydroxylation is 1. The average molecular weight is 204 g/mol. The van der Waals surface area contributed by atoms with Crippen LogP contribution in [0.2, 0.25) is 0 Å². The average Bonchev–Trinajstić information content (AvgIpc) is 2.01. The summed E-state index contributed by atoms with van der Waals surface area (Å²) in [6, 6.07) is 0. The van der Waals surface area contributed by atoms with Crippen molar-refractivity contribution in [2.45, 2.75) is 13.5 Å². The van der Waals surface area contributed by atoms with Crippen LogP contribution in [0.25, 0.3) is 0 Å². The number of hydrogen-bond donors (Lipinski definition) is 1. The Labute approximate surface area is 77.4 Å². The number of carboxylic acids is 1. The van der Waals surface area contributed by atoms with E-state index in [-0.39, 0.29) is 11.4 Å². The van der Waals surface area contributed by atoms with Crippen molar-refractivity contribution in [3.63, 3.8) is 0 Å². The maximum absolute atomic E-state index is 11.7. The van der Waals surface area contributed by atoms with Crippen molar-refractivity contribution in [2.75, 3.05) is 0 Å². The number of aromatic carboxylic acids is 1. The molecule has 1 rings (SSSR count). The highest BCUT2D eigenvalue weighted by atomic mass is 19.3. The molecule has 0 aliphatic rings. The molecule has 0 radical (unpaired) electrons. The zero-order chi connectivity index (χ0) is 10.7. The molecule has 0 saturated carbocycles. The molecular formula is C7H6F2N2O3. The first kappa shape index (κ1) is 10.3. The Morgan fingerprint density at radius 3 is 2.71 bits per heavy atom. The van der Waals surface area contributed by atoms with Crippen molar-refractivity contribution in [1.29, 1.82) is 0 Å². The van der Waals surface area contributed by atoms with Gasteiger partial charge in [0.1, 0.15) is 0 Å². The van der Waals surface area contributed by atoms with Crippen molar-refractivity contribution in [1.82, 2.24) is 9.97 Å². The molecule has 1 aromatic heterocycles. The van der Waals surface area contributed by atoms with Gasteiger partial charge in [0.05, 0.1) is 11.9 Å². The van der Waals surface area contributed by atoms with Crippen molar-refractivity contribution in [2.24, 2.45) is 0 Å². The second-order valence-corrected chi connectivity index (χ2v) is 2.33. The van der Waals surface area contributed by atoms with E-state index >= 15 is 0 Å². The monoisotopic (exact) mass is 204 g/mol. The lowest BCUT2D eigenvalue weighted by Gasteiger charge is -2.04. The molecule has 0 fully saturated rings. The molecule has 14 heavy (non-hydrogen) atoms. The van der Waals surface area contributed by atoms with Gasteiger partial charge in [0.2, 0.25) is 5.88 Å². The summed E-state index contributed by atoms with van der Waals surface area (Å²) in [5.74, 6) is -1.67. The Bertz CT molecular complexity index is 357. The number of alkyl halides is 2. The first-order chi connectivity index (χ1) is 6.50. The van der Waals surface area contributed by atoms with E-state index in [1.54, 1.807) is 0 Å². The molecule has 0 aromatic carbocycles. The minimum Gasteiger partial charge on any atom is -0.476 e. The lowest BCUT2D eigenvalue weighted by atomic mass is 10.3. The van der Waals surface area contributed by atoms with E-state index in [0.717, 1.165) is 6.20 Å². The number of carboxylic acid groups (broad SMARTS) is 1. The Morgan fingerprint density at radius 1 is 1.64 bits per heavy atom. The van der Waals surface area contributed by atoms with E-state index in [9.17, 15) is 13.6 Å². The van der Waals surface area contributed by atoms with E-state index in [1.165, 1.54) is 6.92 Å². The molecule has 0 amide bonds. The van der Waals surface area contributed by atoms with Gasteiger partial charge in [-0.3, -0.25) is 0 Å². The molecule has 0 atom stereocenters. The highest BCUT2D eigenvalue weighted by Crippen LogP contribution is 2.11. The number of ether oxygens (including phenoxy) is 1. The summed E-state index contributed by atoms with van der Waals surface area (Å²) in [5, 5.41) is 8.55. The number of carbonyl (C=O) groups is 1. The van der Waals surface area contributed by atoms with E-state index in [2.05, 4.69) is 14.7 Å². The van der Waals surface area contributed by atoms with Crippen LogP contribution in [-0.4, -0.2) is 27.7 Å². The van der Waals surface area contributed by atoms with Crippen LogP contribution in [0.5, 0.6) is 5.88 Å². The second-order valence-electron chi connectivity index (χ2n) is 2.33. The maximum atomic E-state index is 11.7. The van der Waals surface area contributed by atoms with Crippen LogP contribution in [0, 0.1) is 6.92 Å². The third-order valence-corrected chi connectivity index (χ3v) is 1.34. The molecular weight excluding hydrogens is 198 g/mol. The minimum atomic E-state index is -3.00. The van der Waals surface area contributed by atoms with Gasteiger partial charge in [0, 0.05) is 0 Å². The minimum absolute atomic E-state index is 0.0238. The Balaban J connectivity index is 2.94. The SMILES string of the molecule is Cc1nc(OC(F)F)cnc1C(=O)O. The fourth-order valence-electron chi connectivity index (χ4n) is 0.818. The lowest BCUT2D eigenvalue weighted by molar-refractivity contribution is -0.0531. The van der Waals surface area contributed by atoms with Crippen LogP contribution in [0.15, 0.2) is 6.20 Å². The molecule has 0 saturated heterocycles. The number of rotatable bonds is 3. The zero-order valence-electron chi connectivity index (χ0n) is 7.07. The highest BCUT2D eigenvalue weighted by Gasteiger charge is 2.12. The van der Waals surface area contributed by atoms with Crippen molar-refractivity contribution in [3.05, 3.63) is 17.6 Å². The van der Waals surface area contributed by atoms with Crippen LogP contribution in [0.3, 0.4) is 0 Å². The summed E-state index contributed by atoms with van der Waals surface area (Å²) in [6.07, 6.45) is 0.836. The van der Waals surface area contributed by atoms with Gasteiger partial charge in [-0.05, 0) is 6.92 Å². The van der Waals surface area contributed by atoms with Gasteiger partial charge in [0.15, 0.2) is 5.69 Å². The summed E-state index contributed by atoms with van der Waals surface area (Å²) in [7, 11) is 0. The summed E-state index contributed by atoms with van der Waals surface area (Å²) in [6.45, 7) is -1.66. The van der Waals surface area contributed by atoms with Crippen LogP contribution >= 0.6 is 0 Å². The molecule has 0 aliphatic heterocycles. The molecule has 1 aromatic rings. The van der Waals surface area contributed by atoms with E-state index in [1.807, 2.05) is 0 Å². The Kier molecular flexibility index (Phi) is 2.90. The molecule has 1 N–H and O–H groups in total. The van der Waals surface area contributed by atoms with Crippen molar-refractivity contribution < 1.29 is 23.4 Å². The van der Waals surface area contributed by atoms with Crippen LogP contribution < -0.4 is 4.74 Å². The first-order valence-corrected chi connectivity index (χ1v) is 3.52. The highest BCUT2D eigenvalue weighted by molar-refractivity contribution is 5.86. The molecule has 5 nitrogen and oxygen atoms in total. The summed E-state index contributed by atoms with van der Waals surface area (Å²) in [4.78, 5) is 17.4. The van der Waals surface area contributed by atoms with Gasteiger partial charge in [-0.2, -0.15) is 8.78 Å². The van der Waals surface area contributed by atoms with E-state index in [0.29, 0.717) is 0 Å². The lowest BCUT2D eigenvalue weighted by Crippen LogP contribution is -2.09. The van der Waals surface area contributed by atoms with Crippen LogP contribution in [-0.2, 0) is 0 Å². The van der Waals surface area contributed by atoms with Gasteiger partial charge in [-0.15, -0.1) is 0 Å². The van der Waals surface area contributed by atoms with Crippen LogP contribution in [0.1, 0.15) is 16.2 Å². The Morgan fingerprint density at radius 2 is 2.29 bits per heavy atom. The third-order valence-electron chi connectivity index (χ3n) is 1.34. The number of hydrogen-bond acceptors (Lipinski definition) is 4. The number of nitrogens with zero attached hydrogens (tertiary/aromatic N) is 2. The van der Waals surface area contributed by atoms with E-state index < -0.39 is 18.5 Å². The van der Waals surface area contributed by atoms with Crippen molar-refractivity contribution >= 4 is 5.97 Å². The van der Waals surface area contributed by atoms with Gasteiger partial charge in [-0.1, -0.05) is 0 Å². The largest absolute Gasteiger partial charge is 0.476 e. The third kappa shape index (κ3) is 2.35. The molecule has 1 heterocycles.